The van der Waals surface area contributed by atoms with E-state index in [1.165, 1.54) is 0 Å². The van der Waals surface area contributed by atoms with E-state index in [9.17, 15) is 9.59 Å². The Morgan fingerprint density at radius 1 is 1.07 bits per heavy atom. The monoisotopic (exact) mass is 214 g/mol. The highest BCUT2D eigenvalue weighted by Gasteiger charge is 2.38. The van der Waals surface area contributed by atoms with Crippen molar-refractivity contribution in [3.63, 3.8) is 0 Å². The standard InChI is InChI=1S/C12H22O3/c1-11(2,3)8(7-9(13)14)10(15)12(4,5)6/h8H,7H2,1-6H3,(H,13,14). The minimum Gasteiger partial charge on any atom is -0.481 e. The lowest BCUT2D eigenvalue weighted by Gasteiger charge is -2.33. The van der Waals surface area contributed by atoms with Gasteiger partial charge in [0.05, 0.1) is 6.42 Å². The van der Waals surface area contributed by atoms with Crippen LogP contribution in [-0.4, -0.2) is 16.9 Å². The number of rotatable bonds is 3. The maximum absolute atomic E-state index is 12.1. The van der Waals surface area contributed by atoms with E-state index in [1.807, 2.05) is 41.5 Å². The van der Waals surface area contributed by atoms with E-state index in [2.05, 4.69) is 0 Å². The Balaban J connectivity index is 4.97. The number of Topliss-reactive ketones (excluding diaryl/α,β-unsaturated/α-hetero) is 1. The molecular formula is C12H22O3. The molecule has 1 atom stereocenters. The second kappa shape index (κ2) is 4.33. The number of hydrogen-bond donors (Lipinski definition) is 1. The Kier molecular flexibility index (Phi) is 4.08. The van der Waals surface area contributed by atoms with Crippen LogP contribution in [0.4, 0.5) is 0 Å². The lowest BCUT2D eigenvalue weighted by molar-refractivity contribution is -0.145. The number of hydrogen-bond acceptors (Lipinski definition) is 2. The third kappa shape index (κ3) is 4.45. The molecule has 3 nitrogen and oxygen atoms in total. The van der Waals surface area contributed by atoms with Crippen LogP contribution in [-0.2, 0) is 9.59 Å². The van der Waals surface area contributed by atoms with Crippen molar-refractivity contribution in [3.8, 4) is 0 Å². The van der Waals surface area contributed by atoms with Crippen molar-refractivity contribution in [2.75, 3.05) is 0 Å². The lowest BCUT2D eigenvalue weighted by atomic mass is 9.70. The lowest BCUT2D eigenvalue weighted by Crippen LogP contribution is -2.37. The minimum atomic E-state index is -0.910. The molecule has 0 saturated heterocycles. The van der Waals surface area contributed by atoms with E-state index in [0.29, 0.717) is 0 Å². The van der Waals surface area contributed by atoms with Crippen LogP contribution in [0.15, 0.2) is 0 Å². The molecule has 0 heterocycles. The summed E-state index contributed by atoms with van der Waals surface area (Å²) in [7, 11) is 0. The molecule has 0 bridgehead atoms. The molecule has 0 aromatic rings. The van der Waals surface area contributed by atoms with Crippen LogP contribution in [0.3, 0.4) is 0 Å². The Hall–Kier alpha value is -0.860. The van der Waals surface area contributed by atoms with Gasteiger partial charge in [-0.05, 0) is 5.41 Å². The van der Waals surface area contributed by atoms with E-state index in [1.54, 1.807) is 0 Å². The van der Waals surface area contributed by atoms with Crippen molar-refractivity contribution >= 4 is 11.8 Å². The van der Waals surface area contributed by atoms with Crippen molar-refractivity contribution in [1.29, 1.82) is 0 Å². The molecule has 0 fully saturated rings. The fraction of sp³-hybridized carbons (Fsp3) is 0.833. The summed E-state index contributed by atoms with van der Waals surface area (Å²) >= 11 is 0. The second-order valence-electron chi connectivity index (χ2n) is 6.13. The number of carboxylic acids is 1. The highest BCUT2D eigenvalue weighted by Crippen LogP contribution is 2.35. The summed E-state index contributed by atoms with van der Waals surface area (Å²) in [6.45, 7) is 11.2. The summed E-state index contributed by atoms with van der Waals surface area (Å²) in [6.07, 6.45) is -0.0837. The molecule has 0 amide bonds. The number of carboxylic acid groups (broad SMARTS) is 1. The van der Waals surface area contributed by atoms with Gasteiger partial charge in [0.1, 0.15) is 5.78 Å². The number of carbonyl (C=O) groups excluding carboxylic acids is 1. The van der Waals surface area contributed by atoms with E-state index in [-0.39, 0.29) is 17.6 Å². The van der Waals surface area contributed by atoms with E-state index in [0.717, 1.165) is 0 Å². The van der Waals surface area contributed by atoms with E-state index in [4.69, 9.17) is 5.11 Å². The van der Waals surface area contributed by atoms with E-state index >= 15 is 0 Å². The number of carbonyl (C=O) groups is 2. The molecule has 3 heteroatoms. The van der Waals surface area contributed by atoms with Crippen molar-refractivity contribution in [2.45, 2.75) is 48.0 Å². The van der Waals surface area contributed by atoms with Gasteiger partial charge in [-0.25, -0.2) is 0 Å². The third-order valence-electron chi connectivity index (χ3n) is 2.48. The van der Waals surface area contributed by atoms with Crippen molar-refractivity contribution < 1.29 is 14.7 Å². The molecule has 1 N–H and O–H groups in total. The first-order valence-corrected chi connectivity index (χ1v) is 5.22. The quantitative estimate of drug-likeness (QED) is 0.786. The predicted molar refractivity (Wildman–Crippen MR) is 59.7 cm³/mol. The molecule has 1 unspecified atom stereocenters. The first-order chi connectivity index (χ1) is 6.46. The molecule has 0 radical (unpaired) electrons. The smallest absolute Gasteiger partial charge is 0.304 e. The fourth-order valence-electron chi connectivity index (χ4n) is 1.49. The van der Waals surface area contributed by atoms with Crippen LogP contribution < -0.4 is 0 Å². The van der Waals surface area contributed by atoms with Gasteiger partial charge in [-0.1, -0.05) is 41.5 Å². The zero-order chi connectivity index (χ0) is 12.4. The fourth-order valence-corrected chi connectivity index (χ4v) is 1.49. The number of aliphatic carboxylic acids is 1. The summed E-state index contributed by atoms with van der Waals surface area (Å²) in [5.74, 6) is -1.31. The SMILES string of the molecule is CC(C)(C)C(=O)C(CC(=O)O)C(C)(C)C. The van der Waals surface area contributed by atoms with Gasteiger partial charge in [0, 0.05) is 11.3 Å². The molecular weight excluding hydrogens is 192 g/mol. The highest BCUT2D eigenvalue weighted by atomic mass is 16.4. The van der Waals surface area contributed by atoms with Gasteiger partial charge in [0.2, 0.25) is 0 Å². The largest absolute Gasteiger partial charge is 0.481 e. The van der Waals surface area contributed by atoms with Crippen LogP contribution in [0.5, 0.6) is 0 Å². The Morgan fingerprint density at radius 3 is 1.67 bits per heavy atom. The third-order valence-corrected chi connectivity index (χ3v) is 2.48. The zero-order valence-electron chi connectivity index (χ0n) is 10.5. The van der Waals surface area contributed by atoms with Gasteiger partial charge in [-0.3, -0.25) is 9.59 Å². The van der Waals surface area contributed by atoms with E-state index < -0.39 is 17.3 Å². The summed E-state index contributed by atoms with van der Waals surface area (Å²) in [5, 5.41) is 8.81. The molecule has 0 aliphatic carbocycles. The molecule has 88 valence electrons. The molecule has 0 aromatic heterocycles. The van der Waals surface area contributed by atoms with Gasteiger partial charge in [-0.15, -0.1) is 0 Å². The molecule has 0 aromatic carbocycles. The number of ketones is 1. The molecule has 0 aliphatic heterocycles. The second-order valence-corrected chi connectivity index (χ2v) is 6.13. The first-order valence-electron chi connectivity index (χ1n) is 5.22. The Bertz CT molecular complexity index is 253. The van der Waals surface area contributed by atoms with Crippen LogP contribution >= 0.6 is 0 Å². The molecule has 0 spiro atoms. The van der Waals surface area contributed by atoms with Crippen molar-refractivity contribution in [3.05, 3.63) is 0 Å². The van der Waals surface area contributed by atoms with Crippen LogP contribution in [0, 0.1) is 16.7 Å². The zero-order valence-corrected chi connectivity index (χ0v) is 10.5. The summed E-state index contributed by atoms with van der Waals surface area (Å²) in [4.78, 5) is 22.8. The summed E-state index contributed by atoms with van der Waals surface area (Å²) < 4.78 is 0. The molecule has 0 rings (SSSR count). The van der Waals surface area contributed by atoms with Crippen LogP contribution in [0.25, 0.3) is 0 Å². The topological polar surface area (TPSA) is 54.4 Å². The maximum atomic E-state index is 12.1. The Labute approximate surface area is 91.9 Å². The van der Waals surface area contributed by atoms with Gasteiger partial charge < -0.3 is 5.11 Å². The van der Waals surface area contributed by atoms with Crippen LogP contribution in [0.1, 0.15) is 48.0 Å². The first kappa shape index (κ1) is 14.1. The van der Waals surface area contributed by atoms with Crippen molar-refractivity contribution in [2.24, 2.45) is 16.7 Å². The van der Waals surface area contributed by atoms with Gasteiger partial charge in [-0.2, -0.15) is 0 Å². The molecule has 15 heavy (non-hydrogen) atoms. The minimum absolute atomic E-state index is 0.0254. The predicted octanol–water partition coefficient (Wildman–Crippen LogP) is 2.74. The van der Waals surface area contributed by atoms with Gasteiger partial charge >= 0.3 is 5.97 Å². The van der Waals surface area contributed by atoms with Gasteiger partial charge in [0.25, 0.3) is 0 Å². The van der Waals surface area contributed by atoms with Crippen molar-refractivity contribution in [1.82, 2.24) is 0 Å². The van der Waals surface area contributed by atoms with Gasteiger partial charge in [0.15, 0.2) is 0 Å². The summed E-state index contributed by atoms with van der Waals surface area (Å²) in [6, 6.07) is 0. The normalized spacial score (nSPS) is 14.8. The maximum Gasteiger partial charge on any atom is 0.304 e. The summed E-state index contributed by atoms with van der Waals surface area (Å²) in [5.41, 5.74) is -0.782. The highest BCUT2D eigenvalue weighted by molar-refractivity contribution is 5.89. The van der Waals surface area contributed by atoms with Crippen LogP contribution in [0.2, 0.25) is 0 Å². The molecule has 0 saturated carbocycles. The molecule has 0 aliphatic rings. The average Bonchev–Trinajstić information content (AvgIpc) is 1.94. The Morgan fingerprint density at radius 2 is 1.47 bits per heavy atom. The average molecular weight is 214 g/mol.